The Morgan fingerprint density at radius 3 is 2.33 bits per heavy atom. The summed E-state index contributed by atoms with van der Waals surface area (Å²) in [6.45, 7) is 2.43. The van der Waals surface area contributed by atoms with Crippen LogP contribution in [0.25, 0.3) is 0 Å². The molecule has 9 heavy (non-hydrogen) atoms. The largest absolute Gasteiger partial charge is 0.254 e. The van der Waals surface area contributed by atoms with Gasteiger partial charge in [0.1, 0.15) is 0 Å². The fraction of sp³-hybridized carbons (Fsp3) is 0.500. The normalized spacial score (nSPS) is 11.8. The third-order valence-corrected chi connectivity index (χ3v) is 1.02. The highest BCUT2D eigenvalue weighted by atomic mass is 14.5. The Kier molecular flexibility index (Phi) is 6.98. The second-order valence-corrected chi connectivity index (χ2v) is 1.82. The van der Waals surface area contributed by atoms with Gasteiger partial charge >= 0.3 is 0 Å². The van der Waals surface area contributed by atoms with E-state index in [0.717, 1.165) is 12.8 Å². The molecule has 51 valence electrons. The number of nitrogens with one attached hydrogen (secondary N) is 1. The van der Waals surface area contributed by atoms with Gasteiger partial charge in [-0.3, -0.25) is 5.73 Å². The summed E-state index contributed by atoms with van der Waals surface area (Å²) in [6, 6.07) is 0. The zero-order valence-corrected chi connectivity index (χ0v) is 5.93. The molecule has 0 aliphatic carbocycles. The lowest BCUT2D eigenvalue weighted by atomic mass is 10.3. The lowest BCUT2D eigenvalue weighted by molar-refractivity contribution is 1.04. The molecular weight excluding hydrogens is 110 g/mol. The molecule has 0 saturated carbocycles. The molecule has 0 aliphatic rings. The zero-order chi connectivity index (χ0) is 6.95. The molecule has 0 aliphatic heterocycles. The minimum Gasteiger partial charge on any atom is -0.254 e. The van der Waals surface area contributed by atoms with E-state index in [1.807, 2.05) is 19.1 Å². The lowest BCUT2D eigenvalue weighted by Gasteiger charge is -1.83. The minimum atomic E-state index is 0.413. The van der Waals surface area contributed by atoms with E-state index in [2.05, 4.69) is 12.2 Å². The molecule has 0 aromatic heterocycles. The van der Waals surface area contributed by atoms with Gasteiger partial charge in [-0.2, -0.15) is 0 Å². The zero-order valence-electron chi connectivity index (χ0n) is 5.93. The quantitative estimate of drug-likeness (QED) is 0.405. The molecule has 0 aromatic carbocycles. The number of rotatable bonds is 4. The van der Waals surface area contributed by atoms with Crippen LogP contribution >= 0.6 is 0 Å². The Morgan fingerprint density at radius 2 is 1.78 bits per heavy atom. The van der Waals surface area contributed by atoms with Crippen molar-refractivity contribution < 1.29 is 0 Å². The van der Waals surface area contributed by atoms with E-state index in [4.69, 9.17) is 5.73 Å². The van der Waals surface area contributed by atoms with Crippen LogP contribution in [-0.2, 0) is 0 Å². The molecule has 0 fully saturated rings. The van der Waals surface area contributed by atoms with Crippen molar-refractivity contribution in [3.8, 4) is 0 Å². The minimum absolute atomic E-state index is 0.413. The molecule has 1 N–H and O–H groups in total. The first kappa shape index (κ1) is 8.44. The molecule has 1 heteroatoms. The van der Waals surface area contributed by atoms with Gasteiger partial charge in [-0.15, -0.1) is 0 Å². The van der Waals surface area contributed by atoms with E-state index in [1.165, 1.54) is 0 Å². The van der Waals surface area contributed by atoms with Gasteiger partial charge in [-0.05, 0) is 19.8 Å². The van der Waals surface area contributed by atoms with Gasteiger partial charge in [0.15, 0.2) is 0 Å². The van der Waals surface area contributed by atoms with Gasteiger partial charge in [-0.1, -0.05) is 24.3 Å². The van der Waals surface area contributed by atoms with Crippen LogP contribution in [0.4, 0.5) is 0 Å². The SMILES string of the molecule is CC=CCCC=CC[NH]. The molecule has 1 radical (unpaired) electrons. The first-order chi connectivity index (χ1) is 4.41. The third kappa shape index (κ3) is 7.44. The summed E-state index contributed by atoms with van der Waals surface area (Å²) in [7, 11) is 0. The van der Waals surface area contributed by atoms with E-state index >= 15 is 0 Å². The molecular formula is C8H14N. The van der Waals surface area contributed by atoms with E-state index in [9.17, 15) is 0 Å². The van der Waals surface area contributed by atoms with Crippen molar-refractivity contribution in [2.75, 3.05) is 6.54 Å². The standard InChI is InChI=1S/C8H14N/c1-2-3-4-5-6-7-8-9/h2-3,6-7,9H,4-5,8H2,1H3. The maximum absolute atomic E-state index is 6.78. The lowest BCUT2D eigenvalue weighted by Crippen LogP contribution is -1.73. The van der Waals surface area contributed by atoms with E-state index in [-0.39, 0.29) is 0 Å². The van der Waals surface area contributed by atoms with Crippen LogP contribution in [0.2, 0.25) is 0 Å². The molecule has 1 nitrogen and oxygen atoms in total. The Labute approximate surface area is 57.3 Å². The number of allylic oxidation sites excluding steroid dienone is 3. The summed E-state index contributed by atoms with van der Waals surface area (Å²) in [4.78, 5) is 0. The summed E-state index contributed by atoms with van der Waals surface area (Å²) in [5, 5.41) is 0. The Hall–Kier alpha value is -0.560. The Bertz CT molecular complexity index is 92.7. The number of unbranched alkanes of at least 4 members (excludes halogenated alkanes) is 1. The molecule has 0 unspecified atom stereocenters. The molecule has 0 amide bonds. The second kappa shape index (κ2) is 7.44. The summed E-state index contributed by atoms with van der Waals surface area (Å²) in [5.41, 5.74) is 6.78. The third-order valence-electron chi connectivity index (χ3n) is 1.02. The monoisotopic (exact) mass is 124 g/mol. The van der Waals surface area contributed by atoms with Crippen LogP contribution in [0.5, 0.6) is 0 Å². The average molecular weight is 124 g/mol. The first-order valence-corrected chi connectivity index (χ1v) is 3.32. The van der Waals surface area contributed by atoms with Gasteiger partial charge < -0.3 is 0 Å². The van der Waals surface area contributed by atoms with Crippen molar-refractivity contribution in [2.24, 2.45) is 0 Å². The first-order valence-electron chi connectivity index (χ1n) is 3.32. The maximum Gasteiger partial charge on any atom is 0.0281 e. The highest BCUT2D eigenvalue weighted by molar-refractivity contribution is 4.86. The number of hydrogen-bond acceptors (Lipinski definition) is 0. The Morgan fingerprint density at radius 1 is 1.11 bits per heavy atom. The van der Waals surface area contributed by atoms with Crippen molar-refractivity contribution in [3.63, 3.8) is 0 Å². The predicted molar refractivity (Wildman–Crippen MR) is 41.2 cm³/mol. The van der Waals surface area contributed by atoms with E-state index in [0.29, 0.717) is 6.54 Å². The summed E-state index contributed by atoms with van der Waals surface area (Å²) in [6.07, 6.45) is 10.3. The van der Waals surface area contributed by atoms with Crippen LogP contribution in [0.1, 0.15) is 19.8 Å². The fourth-order valence-corrected chi connectivity index (χ4v) is 0.560. The molecule has 0 rings (SSSR count). The van der Waals surface area contributed by atoms with Crippen LogP contribution in [0, 0.1) is 0 Å². The van der Waals surface area contributed by atoms with Crippen molar-refractivity contribution in [2.45, 2.75) is 19.8 Å². The summed E-state index contributed by atoms with van der Waals surface area (Å²) < 4.78 is 0. The van der Waals surface area contributed by atoms with Crippen LogP contribution in [-0.4, -0.2) is 6.54 Å². The van der Waals surface area contributed by atoms with Crippen molar-refractivity contribution >= 4 is 0 Å². The molecule has 0 spiro atoms. The van der Waals surface area contributed by atoms with Crippen LogP contribution in [0.3, 0.4) is 0 Å². The van der Waals surface area contributed by atoms with E-state index < -0.39 is 0 Å². The van der Waals surface area contributed by atoms with Crippen LogP contribution in [0.15, 0.2) is 24.3 Å². The summed E-state index contributed by atoms with van der Waals surface area (Å²) >= 11 is 0. The van der Waals surface area contributed by atoms with Gasteiger partial charge in [0, 0.05) is 6.54 Å². The number of hydrogen-bond donors (Lipinski definition) is 0. The molecule has 0 aromatic rings. The fourth-order valence-electron chi connectivity index (χ4n) is 0.560. The highest BCUT2D eigenvalue weighted by Crippen LogP contribution is 1.91. The molecule has 0 atom stereocenters. The van der Waals surface area contributed by atoms with Gasteiger partial charge in [0.2, 0.25) is 0 Å². The molecule has 0 saturated heterocycles. The highest BCUT2D eigenvalue weighted by Gasteiger charge is 1.72. The van der Waals surface area contributed by atoms with Crippen molar-refractivity contribution in [3.05, 3.63) is 24.3 Å². The second-order valence-electron chi connectivity index (χ2n) is 1.82. The average Bonchev–Trinajstić information content (AvgIpc) is 1.89. The van der Waals surface area contributed by atoms with Gasteiger partial charge in [0.05, 0.1) is 0 Å². The van der Waals surface area contributed by atoms with Gasteiger partial charge in [-0.25, -0.2) is 0 Å². The van der Waals surface area contributed by atoms with E-state index in [1.54, 1.807) is 0 Å². The van der Waals surface area contributed by atoms with Crippen LogP contribution < -0.4 is 5.73 Å². The topological polar surface area (TPSA) is 23.8 Å². The molecule has 0 heterocycles. The predicted octanol–water partition coefficient (Wildman–Crippen LogP) is 2.18. The molecule has 0 bridgehead atoms. The van der Waals surface area contributed by atoms with Gasteiger partial charge in [0.25, 0.3) is 0 Å². The smallest absolute Gasteiger partial charge is 0.0281 e. The van der Waals surface area contributed by atoms with Crippen molar-refractivity contribution in [1.29, 1.82) is 0 Å². The maximum atomic E-state index is 6.78. The van der Waals surface area contributed by atoms with Crippen molar-refractivity contribution in [1.82, 2.24) is 5.73 Å². The Balaban J connectivity index is 2.99. The summed E-state index contributed by atoms with van der Waals surface area (Å²) in [5.74, 6) is 0.